The Morgan fingerprint density at radius 1 is 0.950 bits per heavy atom. The SMILES string of the molecule is O=C(Nc1ccc2ccccc2c1)Nc1ccc(Br)o1. The highest BCUT2D eigenvalue weighted by Gasteiger charge is 2.06. The zero-order chi connectivity index (χ0) is 13.9. The van der Waals surface area contributed by atoms with Crippen LogP contribution < -0.4 is 10.6 Å². The molecule has 1 heterocycles. The second kappa shape index (κ2) is 5.38. The number of nitrogens with one attached hydrogen (secondary N) is 2. The molecule has 0 unspecified atom stereocenters. The number of hydrogen-bond donors (Lipinski definition) is 2. The molecule has 0 bridgehead atoms. The maximum absolute atomic E-state index is 11.8. The van der Waals surface area contributed by atoms with Gasteiger partial charge in [0.25, 0.3) is 0 Å². The van der Waals surface area contributed by atoms with Crippen LogP contribution in [-0.2, 0) is 0 Å². The molecule has 0 spiro atoms. The number of rotatable bonds is 2. The lowest BCUT2D eigenvalue weighted by Gasteiger charge is -2.06. The van der Waals surface area contributed by atoms with E-state index in [2.05, 4.69) is 26.6 Å². The van der Waals surface area contributed by atoms with Gasteiger partial charge in [0, 0.05) is 11.8 Å². The molecule has 0 radical (unpaired) electrons. The maximum atomic E-state index is 11.8. The summed E-state index contributed by atoms with van der Waals surface area (Å²) in [5.74, 6) is 0.384. The van der Waals surface area contributed by atoms with Crippen molar-refractivity contribution in [1.29, 1.82) is 0 Å². The molecule has 2 aromatic carbocycles. The van der Waals surface area contributed by atoms with Gasteiger partial charge in [-0.15, -0.1) is 0 Å². The molecular weight excluding hydrogens is 320 g/mol. The summed E-state index contributed by atoms with van der Waals surface area (Å²) in [5.41, 5.74) is 0.729. The third-order valence-corrected chi connectivity index (χ3v) is 3.24. The Labute approximate surface area is 123 Å². The number of carbonyl (C=O) groups excluding carboxylic acids is 1. The van der Waals surface area contributed by atoms with Gasteiger partial charge < -0.3 is 9.73 Å². The average Bonchev–Trinajstić information content (AvgIpc) is 2.83. The molecule has 0 aliphatic carbocycles. The fourth-order valence-electron chi connectivity index (χ4n) is 1.92. The largest absolute Gasteiger partial charge is 0.434 e. The van der Waals surface area contributed by atoms with Crippen LogP contribution >= 0.6 is 15.9 Å². The van der Waals surface area contributed by atoms with E-state index in [1.54, 1.807) is 12.1 Å². The molecule has 4 nitrogen and oxygen atoms in total. The summed E-state index contributed by atoms with van der Waals surface area (Å²) in [6, 6.07) is 16.8. The van der Waals surface area contributed by atoms with Crippen molar-refractivity contribution in [3.8, 4) is 0 Å². The van der Waals surface area contributed by atoms with Gasteiger partial charge in [-0.2, -0.15) is 0 Å². The topological polar surface area (TPSA) is 54.3 Å². The predicted molar refractivity (Wildman–Crippen MR) is 83.0 cm³/mol. The molecule has 0 fully saturated rings. The van der Waals surface area contributed by atoms with Crippen LogP contribution in [0.15, 0.2) is 63.7 Å². The van der Waals surface area contributed by atoms with Crippen molar-refractivity contribution >= 4 is 44.3 Å². The predicted octanol–water partition coefficient (Wildman–Crippen LogP) is 4.84. The third-order valence-electron chi connectivity index (χ3n) is 2.82. The Bertz CT molecular complexity index is 767. The minimum Gasteiger partial charge on any atom is -0.434 e. The highest BCUT2D eigenvalue weighted by Crippen LogP contribution is 2.20. The minimum absolute atomic E-state index is 0.345. The fraction of sp³-hybridized carbons (Fsp3) is 0. The minimum atomic E-state index is -0.345. The van der Waals surface area contributed by atoms with Crippen molar-refractivity contribution in [2.24, 2.45) is 0 Å². The second-order valence-corrected chi connectivity index (χ2v) is 5.03. The lowest BCUT2D eigenvalue weighted by molar-refractivity contribution is 0.261. The molecule has 0 aliphatic heterocycles. The van der Waals surface area contributed by atoms with Gasteiger partial charge in [0.15, 0.2) is 4.67 Å². The normalized spacial score (nSPS) is 10.4. The second-order valence-electron chi connectivity index (χ2n) is 4.24. The van der Waals surface area contributed by atoms with E-state index in [9.17, 15) is 4.79 Å². The molecule has 0 saturated carbocycles. The van der Waals surface area contributed by atoms with Crippen LogP contribution in [0, 0.1) is 0 Å². The summed E-state index contributed by atoms with van der Waals surface area (Å²) in [6.45, 7) is 0. The first-order chi connectivity index (χ1) is 9.70. The van der Waals surface area contributed by atoms with E-state index < -0.39 is 0 Å². The van der Waals surface area contributed by atoms with E-state index in [1.807, 2.05) is 42.5 Å². The van der Waals surface area contributed by atoms with Crippen molar-refractivity contribution in [1.82, 2.24) is 0 Å². The fourth-order valence-corrected chi connectivity index (χ4v) is 2.23. The molecule has 3 rings (SSSR count). The Hall–Kier alpha value is -2.27. The number of halogens is 1. The molecule has 1 aromatic heterocycles. The molecule has 0 saturated heterocycles. The number of amides is 2. The van der Waals surface area contributed by atoms with Crippen molar-refractivity contribution < 1.29 is 9.21 Å². The molecule has 2 N–H and O–H groups in total. The van der Waals surface area contributed by atoms with E-state index in [1.165, 1.54) is 0 Å². The summed E-state index contributed by atoms with van der Waals surface area (Å²) in [7, 11) is 0. The third kappa shape index (κ3) is 2.83. The number of hydrogen-bond acceptors (Lipinski definition) is 2. The smallest absolute Gasteiger partial charge is 0.326 e. The highest BCUT2D eigenvalue weighted by molar-refractivity contribution is 9.10. The van der Waals surface area contributed by atoms with Gasteiger partial charge in [0.05, 0.1) is 0 Å². The van der Waals surface area contributed by atoms with Crippen molar-refractivity contribution in [3.63, 3.8) is 0 Å². The zero-order valence-electron chi connectivity index (χ0n) is 10.4. The molecule has 2 amide bonds. The molecule has 0 atom stereocenters. The lowest BCUT2D eigenvalue weighted by Crippen LogP contribution is -2.18. The highest BCUT2D eigenvalue weighted by atomic mass is 79.9. The van der Waals surface area contributed by atoms with Crippen LogP contribution in [0.3, 0.4) is 0 Å². The van der Waals surface area contributed by atoms with Gasteiger partial charge in [-0.3, -0.25) is 5.32 Å². The van der Waals surface area contributed by atoms with Crippen LogP contribution in [0.2, 0.25) is 0 Å². The van der Waals surface area contributed by atoms with E-state index in [4.69, 9.17) is 4.42 Å². The Morgan fingerprint density at radius 2 is 1.75 bits per heavy atom. The standard InChI is InChI=1S/C15H11BrN2O2/c16-13-7-8-14(20-13)18-15(19)17-12-6-5-10-3-1-2-4-11(10)9-12/h1-9H,(H2,17,18,19). The summed E-state index contributed by atoms with van der Waals surface area (Å²) < 4.78 is 5.77. The van der Waals surface area contributed by atoms with Crippen LogP contribution in [0.1, 0.15) is 0 Å². The van der Waals surface area contributed by atoms with Gasteiger partial charge in [-0.1, -0.05) is 30.3 Å². The number of furan rings is 1. The van der Waals surface area contributed by atoms with Gasteiger partial charge >= 0.3 is 6.03 Å². The molecule has 20 heavy (non-hydrogen) atoms. The first-order valence-electron chi connectivity index (χ1n) is 6.03. The summed E-state index contributed by atoms with van der Waals surface area (Å²) in [4.78, 5) is 11.8. The zero-order valence-corrected chi connectivity index (χ0v) is 12.0. The Balaban J connectivity index is 1.73. The molecule has 100 valence electrons. The first kappa shape index (κ1) is 12.7. The molecular formula is C15H11BrN2O2. The number of anilines is 2. The number of carbonyl (C=O) groups is 1. The quantitative estimate of drug-likeness (QED) is 0.706. The van der Waals surface area contributed by atoms with E-state index in [0.29, 0.717) is 10.6 Å². The van der Waals surface area contributed by atoms with E-state index in [-0.39, 0.29) is 6.03 Å². The van der Waals surface area contributed by atoms with E-state index in [0.717, 1.165) is 16.5 Å². The molecule has 0 aliphatic rings. The summed E-state index contributed by atoms with van der Waals surface area (Å²) in [5, 5.41) is 7.59. The van der Waals surface area contributed by atoms with Crippen molar-refractivity contribution in [2.75, 3.05) is 10.6 Å². The monoisotopic (exact) mass is 330 g/mol. The van der Waals surface area contributed by atoms with Crippen LogP contribution in [0.4, 0.5) is 16.4 Å². The number of benzene rings is 2. The maximum Gasteiger partial charge on any atom is 0.326 e. The summed E-state index contributed by atoms with van der Waals surface area (Å²) >= 11 is 3.18. The van der Waals surface area contributed by atoms with Gasteiger partial charge in [0.2, 0.25) is 5.88 Å². The lowest BCUT2D eigenvalue weighted by atomic mass is 10.1. The van der Waals surface area contributed by atoms with Crippen molar-refractivity contribution in [2.45, 2.75) is 0 Å². The van der Waals surface area contributed by atoms with Gasteiger partial charge in [0.1, 0.15) is 0 Å². The average molecular weight is 331 g/mol. The molecule has 3 aromatic rings. The van der Waals surface area contributed by atoms with Crippen molar-refractivity contribution in [3.05, 3.63) is 59.3 Å². The van der Waals surface area contributed by atoms with Crippen LogP contribution in [0.25, 0.3) is 10.8 Å². The summed E-state index contributed by atoms with van der Waals surface area (Å²) in [6.07, 6.45) is 0. The van der Waals surface area contributed by atoms with Crippen LogP contribution in [0.5, 0.6) is 0 Å². The van der Waals surface area contributed by atoms with Crippen LogP contribution in [-0.4, -0.2) is 6.03 Å². The Morgan fingerprint density at radius 3 is 2.50 bits per heavy atom. The number of fused-ring (bicyclic) bond motifs is 1. The first-order valence-corrected chi connectivity index (χ1v) is 6.82. The van der Waals surface area contributed by atoms with Gasteiger partial charge in [-0.25, -0.2) is 4.79 Å². The number of urea groups is 1. The van der Waals surface area contributed by atoms with E-state index >= 15 is 0 Å². The molecule has 5 heteroatoms. The Kier molecular flexibility index (Phi) is 3.43. The van der Waals surface area contributed by atoms with Gasteiger partial charge in [-0.05, 0) is 44.9 Å².